The average Bonchev–Trinajstić information content (AvgIpc) is 2.64. The number of hydrogen-bond acceptors (Lipinski definition) is 2. The van der Waals surface area contributed by atoms with Crippen molar-refractivity contribution < 1.29 is 9.59 Å². The number of nitrogens with one attached hydrogen (secondary N) is 1. The first-order valence-electron chi connectivity index (χ1n) is 8.69. The highest BCUT2D eigenvalue weighted by atomic mass is 16.2. The van der Waals surface area contributed by atoms with Crippen molar-refractivity contribution in [3.8, 4) is 0 Å². The van der Waals surface area contributed by atoms with Crippen LogP contribution in [0.5, 0.6) is 0 Å². The summed E-state index contributed by atoms with van der Waals surface area (Å²) in [4.78, 5) is 25.9. The molecule has 0 aliphatic rings. The minimum atomic E-state index is -0.0639. The summed E-state index contributed by atoms with van der Waals surface area (Å²) < 4.78 is 0. The van der Waals surface area contributed by atoms with Gasteiger partial charge in [0.1, 0.15) is 0 Å². The number of benzene rings is 2. The SMILES string of the molecule is CC[C@H](C)N(Cc1ccccc1)C(=O)c1ccc(CNC(C)=O)cc1. The topological polar surface area (TPSA) is 49.4 Å². The van der Waals surface area contributed by atoms with Gasteiger partial charge < -0.3 is 10.2 Å². The molecule has 1 N–H and O–H groups in total. The highest BCUT2D eigenvalue weighted by molar-refractivity contribution is 5.94. The summed E-state index contributed by atoms with van der Waals surface area (Å²) in [7, 11) is 0. The fourth-order valence-corrected chi connectivity index (χ4v) is 2.59. The number of carbonyl (C=O) groups is 2. The Labute approximate surface area is 149 Å². The van der Waals surface area contributed by atoms with Crippen LogP contribution in [0.1, 0.15) is 48.7 Å². The molecule has 1 atom stereocenters. The molecule has 0 spiro atoms. The molecule has 0 radical (unpaired) electrons. The Morgan fingerprint density at radius 1 is 1.00 bits per heavy atom. The highest BCUT2D eigenvalue weighted by Gasteiger charge is 2.20. The van der Waals surface area contributed by atoms with E-state index < -0.39 is 0 Å². The molecule has 0 aromatic heterocycles. The summed E-state index contributed by atoms with van der Waals surface area (Å²) >= 11 is 0. The third-order valence-corrected chi connectivity index (χ3v) is 4.32. The molecule has 0 heterocycles. The zero-order valence-electron chi connectivity index (χ0n) is 15.2. The summed E-state index contributed by atoms with van der Waals surface area (Å²) in [6.07, 6.45) is 0.902. The second-order valence-electron chi connectivity index (χ2n) is 6.28. The molecule has 0 fully saturated rings. The van der Waals surface area contributed by atoms with Crippen molar-refractivity contribution in [3.63, 3.8) is 0 Å². The van der Waals surface area contributed by atoms with Crippen LogP contribution in [0.4, 0.5) is 0 Å². The van der Waals surface area contributed by atoms with Gasteiger partial charge in [-0.1, -0.05) is 49.4 Å². The Bertz CT molecular complexity index is 696. The Balaban J connectivity index is 2.14. The zero-order chi connectivity index (χ0) is 18.2. The molecule has 0 bridgehead atoms. The molecule has 4 nitrogen and oxygen atoms in total. The summed E-state index contributed by atoms with van der Waals surface area (Å²) in [5, 5.41) is 2.76. The lowest BCUT2D eigenvalue weighted by atomic mass is 10.1. The standard InChI is InChI=1S/C21H26N2O2/c1-4-16(2)23(15-19-8-6-5-7-9-19)21(25)20-12-10-18(11-13-20)14-22-17(3)24/h5-13,16H,4,14-15H2,1-3H3,(H,22,24)/t16-/m0/s1. The predicted octanol–water partition coefficient (Wildman–Crippen LogP) is 3.76. The largest absolute Gasteiger partial charge is 0.352 e. The van der Waals surface area contributed by atoms with E-state index >= 15 is 0 Å². The molecule has 132 valence electrons. The molecular weight excluding hydrogens is 312 g/mol. The van der Waals surface area contributed by atoms with E-state index in [2.05, 4.69) is 19.2 Å². The molecule has 2 aromatic carbocycles. The van der Waals surface area contributed by atoms with Crippen molar-refractivity contribution in [1.29, 1.82) is 0 Å². The molecule has 0 saturated heterocycles. The Morgan fingerprint density at radius 2 is 1.64 bits per heavy atom. The third-order valence-electron chi connectivity index (χ3n) is 4.32. The molecular formula is C21H26N2O2. The van der Waals surface area contributed by atoms with Gasteiger partial charge in [-0.25, -0.2) is 0 Å². The summed E-state index contributed by atoms with van der Waals surface area (Å²) in [6, 6.07) is 17.6. The minimum absolute atomic E-state index is 0.0317. The molecule has 0 aliphatic heterocycles. The van der Waals surface area contributed by atoms with Gasteiger partial charge in [0.25, 0.3) is 5.91 Å². The fourth-order valence-electron chi connectivity index (χ4n) is 2.59. The third kappa shape index (κ3) is 5.45. The molecule has 4 heteroatoms. The van der Waals surface area contributed by atoms with Gasteiger partial charge in [0.15, 0.2) is 0 Å². The first-order chi connectivity index (χ1) is 12.0. The lowest BCUT2D eigenvalue weighted by Crippen LogP contribution is -2.37. The zero-order valence-corrected chi connectivity index (χ0v) is 15.2. The normalized spacial score (nSPS) is 11.6. The van der Waals surface area contributed by atoms with Gasteiger partial charge >= 0.3 is 0 Å². The quantitative estimate of drug-likeness (QED) is 0.835. The molecule has 2 amide bonds. The van der Waals surface area contributed by atoms with Crippen LogP contribution in [0.25, 0.3) is 0 Å². The molecule has 0 aliphatic carbocycles. The second-order valence-corrected chi connectivity index (χ2v) is 6.28. The van der Waals surface area contributed by atoms with E-state index in [0.29, 0.717) is 18.7 Å². The molecule has 0 saturated carbocycles. The van der Waals surface area contributed by atoms with E-state index in [0.717, 1.165) is 17.5 Å². The first kappa shape index (κ1) is 18.7. The van der Waals surface area contributed by atoms with Crippen LogP contribution in [0, 0.1) is 0 Å². The van der Waals surface area contributed by atoms with Crippen LogP contribution in [0.3, 0.4) is 0 Å². The average molecular weight is 338 g/mol. The van der Waals surface area contributed by atoms with Crippen molar-refractivity contribution >= 4 is 11.8 Å². The maximum Gasteiger partial charge on any atom is 0.254 e. The Morgan fingerprint density at radius 3 is 2.20 bits per heavy atom. The van der Waals surface area contributed by atoms with Gasteiger partial charge in [-0.3, -0.25) is 9.59 Å². The Hall–Kier alpha value is -2.62. The van der Waals surface area contributed by atoms with E-state index in [-0.39, 0.29) is 17.9 Å². The van der Waals surface area contributed by atoms with Crippen LogP contribution < -0.4 is 5.32 Å². The highest BCUT2D eigenvalue weighted by Crippen LogP contribution is 2.16. The van der Waals surface area contributed by atoms with Gasteiger partial charge in [0, 0.05) is 31.6 Å². The van der Waals surface area contributed by atoms with E-state index in [1.165, 1.54) is 6.92 Å². The minimum Gasteiger partial charge on any atom is -0.352 e. The fraction of sp³-hybridized carbons (Fsp3) is 0.333. The summed E-state index contributed by atoms with van der Waals surface area (Å²) in [5.41, 5.74) is 2.77. The molecule has 25 heavy (non-hydrogen) atoms. The van der Waals surface area contributed by atoms with E-state index in [4.69, 9.17) is 0 Å². The van der Waals surface area contributed by atoms with Gasteiger partial charge in [0.2, 0.25) is 5.91 Å². The number of amides is 2. The molecule has 0 unspecified atom stereocenters. The second kappa shape index (κ2) is 9.02. The predicted molar refractivity (Wildman–Crippen MR) is 100 cm³/mol. The van der Waals surface area contributed by atoms with Crippen molar-refractivity contribution in [2.24, 2.45) is 0 Å². The molecule has 2 rings (SSSR count). The van der Waals surface area contributed by atoms with Crippen molar-refractivity contribution in [2.75, 3.05) is 0 Å². The number of nitrogens with zero attached hydrogens (tertiary/aromatic N) is 1. The lowest BCUT2D eigenvalue weighted by Gasteiger charge is -2.29. The summed E-state index contributed by atoms with van der Waals surface area (Å²) in [6.45, 7) is 6.73. The number of hydrogen-bond donors (Lipinski definition) is 1. The lowest BCUT2D eigenvalue weighted by molar-refractivity contribution is -0.119. The molecule has 2 aromatic rings. The maximum atomic E-state index is 13.0. The van der Waals surface area contributed by atoms with Crippen LogP contribution in [0.2, 0.25) is 0 Å². The monoisotopic (exact) mass is 338 g/mol. The van der Waals surface area contributed by atoms with Gasteiger partial charge in [-0.15, -0.1) is 0 Å². The smallest absolute Gasteiger partial charge is 0.254 e. The van der Waals surface area contributed by atoms with E-state index in [1.807, 2.05) is 59.5 Å². The number of rotatable bonds is 7. The first-order valence-corrected chi connectivity index (χ1v) is 8.69. The van der Waals surface area contributed by atoms with Gasteiger partial charge in [0.05, 0.1) is 0 Å². The number of carbonyl (C=O) groups excluding carboxylic acids is 2. The van der Waals surface area contributed by atoms with Crippen LogP contribution >= 0.6 is 0 Å². The van der Waals surface area contributed by atoms with Crippen LogP contribution in [-0.2, 0) is 17.9 Å². The Kier molecular flexibility index (Phi) is 6.75. The van der Waals surface area contributed by atoms with Crippen molar-refractivity contribution in [2.45, 2.75) is 46.3 Å². The van der Waals surface area contributed by atoms with Crippen molar-refractivity contribution in [1.82, 2.24) is 10.2 Å². The summed E-state index contributed by atoms with van der Waals surface area (Å²) in [5.74, 6) is -0.0322. The van der Waals surface area contributed by atoms with E-state index in [9.17, 15) is 9.59 Å². The van der Waals surface area contributed by atoms with Gasteiger partial charge in [-0.2, -0.15) is 0 Å². The van der Waals surface area contributed by atoms with Gasteiger partial charge in [-0.05, 0) is 36.6 Å². The van der Waals surface area contributed by atoms with Crippen molar-refractivity contribution in [3.05, 3.63) is 71.3 Å². The van der Waals surface area contributed by atoms with E-state index in [1.54, 1.807) is 0 Å². The van der Waals surface area contributed by atoms with Crippen LogP contribution in [-0.4, -0.2) is 22.8 Å². The maximum absolute atomic E-state index is 13.0. The van der Waals surface area contributed by atoms with Crippen LogP contribution in [0.15, 0.2) is 54.6 Å².